The molecule has 0 unspecified atom stereocenters. The van der Waals surface area contributed by atoms with Gasteiger partial charge in [0, 0.05) is 25.7 Å². The van der Waals surface area contributed by atoms with Gasteiger partial charge in [0.15, 0.2) is 0 Å². The lowest BCUT2D eigenvalue weighted by Crippen LogP contribution is -2.46. The molecule has 94 valence electrons. The first-order valence-corrected chi connectivity index (χ1v) is 6.11. The van der Waals surface area contributed by atoms with Gasteiger partial charge in [0.05, 0.1) is 6.42 Å². The van der Waals surface area contributed by atoms with Crippen LogP contribution in [0.15, 0.2) is 12.2 Å². The number of hydrogen-bond acceptors (Lipinski definition) is 2. The Labute approximate surface area is 101 Å². The van der Waals surface area contributed by atoms with E-state index in [-0.39, 0.29) is 18.5 Å². The monoisotopic (exact) mass is 238 g/mol. The summed E-state index contributed by atoms with van der Waals surface area (Å²) in [6.07, 6.45) is 7.01. The van der Waals surface area contributed by atoms with Gasteiger partial charge in [-0.15, -0.1) is 0 Å². The number of carboxylic acid groups (broad SMARTS) is 1. The van der Waals surface area contributed by atoms with Gasteiger partial charge in [-0.25, -0.2) is 4.79 Å². The second-order valence-corrected chi connectivity index (χ2v) is 4.56. The van der Waals surface area contributed by atoms with Crippen LogP contribution in [0.4, 0.5) is 4.79 Å². The predicted octanol–water partition coefficient (Wildman–Crippen LogP) is 1.31. The molecule has 2 amide bonds. The minimum Gasteiger partial charge on any atom is -0.481 e. The van der Waals surface area contributed by atoms with E-state index < -0.39 is 5.97 Å². The van der Waals surface area contributed by atoms with Gasteiger partial charge in [-0.05, 0) is 19.3 Å². The molecule has 1 heterocycles. The smallest absolute Gasteiger partial charge is 0.320 e. The zero-order valence-corrected chi connectivity index (χ0v) is 9.84. The number of carboxylic acids is 1. The van der Waals surface area contributed by atoms with Gasteiger partial charge in [0.1, 0.15) is 0 Å². The third-order valence-electron chi connectivity index (χ3n) is 3.13. The maximum atomic E-state index is 12.2. The lowest BCUT2D eigenvalue weighted by molar-refractivity contribution is -0.137. The van der Waals surface area contributed by atoms with Crippen molar-refractivity contribution in [2.75, 3.05) is 19.6 Å². The Balaban J connectivity index is 1.92. The van der Waals surface area contributed by atoms with Gasteiger partial charge >= 0.3 is 12.0 Å². The zero-order valence-electron chi connectivity index (χ0n) is 9.84. The van der Waals surface area contributed by atoms with Crippen LogP contribution >= 0.6 is 0 Å². The van der Waals surface area contributed by atoms with Crippen molar-refractivity contribution < 1.29 is 14.7 Å². The minimum atomic E-state index is -0.845. The summed E-state index contributed by atoms with van der Waals surface area (Å²) >= 11 is 0. The average Bonchev–Trinajstić information content (AvgIpc) is 3.14. The number of amides is 2. The Kier molecular flexibility index (Phi) is 3.66. The molecule has 5 nitrogen and oxygen atoms in total. The summed E-state index contributed by atoms with van der Waals surface area (Å²) < 4.78 is 0. The fourth-order valence-electron chi connectivity index (χ4n) is 2.03. The first-order chi connectivity index (χ1) is 8.18. The van der Waals surface area contributed by atoms with Gasteiger partial charge in [0.2, 0.25) is 0 Å². The fourth-order valence-corrected chi connectivity index (χ4v) is 2.03. The molecular formula is C12H18N2O3. The lowest BCUT2D eigenvalue weighted by Gasteiger charge is -2.31. The molecule has 0 radical (unpaired) electrons. The van der Waals surface area contributed by atoms with Crippen LogP contribution in [0.3, 0.4) is 0 Å². The van der Waals surface area contributed by atoms with Crippen molar-refractivity contribution in [1.82, 2.24) is 9.80 Å². The van der Waals surface area contributed by atoms with E-state index in [2.05, 4.69) is 6.08 Å². The molecule has 0 atom stereocenters. The van der Waals surface area contributed by atoms with E-state index in [0.29, 0.717) is 13.1 Å². The van der Waals surface area contributed by atoms with Crippen LogP contribution in [-0.2, 0) is 4.79 Å². The third-order valence-corrected chi connectivity index (χ3v) is 3.13. The van der Waals surface area contributed by atoms with Crippen LogP contribution in [0.5, 0.6) is 0 Å². The van der Waals surface area contributed by atoms with Crippen LogP contribution in [0.2, 0.25) is 0 Å². The number of nitrogens with zero attached hydrogens (tertiary/aromatic N) is 2. The highest BCUT2D eigenvalue weighted by Crippen LogP contribution is 2.28. The van der Waals surface area contributed by atoms with Crippen LogP contribution < -0.4 is 0 Å². The molecule has 1 saturated carbocycles. The van der Waals surface area contributed by atoms with Crippen LogP contribution in [-0.4, -0.2) is 52.6 Å². The molecule has 1 aliphatic heterocycles. The molecule has 0 bridgehead atoms. The number of carbonyl (C=O) groups is 2. The van der Waals surface area contributed by atoms with Crippen molar-refractivity contribution in [2.45, 2.75) is 31.7 Å². The number of carbonyl (C=O) groups excluding carboxylic acids is 1. The first kappa shape index (κ1) is 12.0. The molecule has 1 fully saturated rings. The summed E-state index contributed by atoms with van der Waals surface area (Å²) in [6.45, 7) is 1.72. The summed E-state index contributed by atoms with van der Waals surface area (Å²) in [5, 5.41) is 8.69. The summed E-state index contributed by atoms with van der Waals surface area (Å²) in [6, 6.07) is 0.269. The molecule has 17 heavy (non-hydrogen) atoms. The highest BCUT2D eigenvalue weighted by Gasteiger charge is 2.34. The standard InChI is InChI=1S/C12H18N2O3/c15-11(16)6-9-14(10-4-5-10)12(17)13-7-2-1-3-8-13/h1-2,10H,3-9H2,(H,15,16). The van der Waals surface area contributed by atoms with Crippen LogP contribution in [0.1, 0.15) is 25.7 Å². The Morgan fingerprint density at radius 1 is 1.35 bits per heavy atom. The number of urea groups is 1. The average molecular weight is 238 g/mol. The zero-order chi connectivity index (χ0) is 12.3. The van der Waals surface area contributed by atoms with E-state index >= 15 is 0 Å². The van der Waals surface area contributed by atoms with Crippen molar-refractivity contribution in [3.05, 3.63) is 12.2 Å². The van der Waals surface area contributed by atoms with E-state index in [1.807, 2.05) is 6.08 Å². The van der Waals surface area contributed by atoms with Crippen molar-refractivity contribution in [2.24, 2.45) is 0 Å². The highest BCUT2D eigenvalue weighted by atomic mass is 16.4. The van der Waals surface area contributed by atoms with E-state index in [0.717, 1.165) is 25.8 Å². The number of aliphatic carboxylic acids is 1. The SMILES string of the molecule is O=C(O)CCN(C(=O)N1CC=CCC1)C1CC1. The van der Waals surface area contributed by atoms with Crippen molar-refractivity contribution in [3.8, 4) is 0 Å². The number of rotatable bonds is 4. The molecule has 0 aromatic heterocycles. The van der Waals surface area contributed by atoms with Crippen molar-refractivity contribution >= 4 is 12.0 Å². The van der Waals surface area contributed by atoms with E-state index in [9.17, 15) is 9.59 Å². The molecule has 0 saturated heterocycles. The molecule has 0 aromatic carbocycles. The molecule has 1 N–H and O–H groups in total. The third kappa shape index (κ3) is 3.22. The Bertz CT molecular complexity index is 337. The molecule has 0 spiro atoms. The van der Waals surface area contributed by atoms with Gasteiger partial charge in [-0.1, -0.05) is 12.2 Å². The van der Waals surface area contributed by atoms with E-state index in [1.54, 1.807) is 9.80 Å². The first-order valence-electron chi connectivity index (χ1n) is 6.11. The van der Waals surface area contributed by atoms with Crippen molar-refractivity contribution in [3.63, 3.8) is 0 Å². The van der Waals surface area contributed by atoms with E-state index in [4.69, 9.17) is 5.11 Å². The molecule has 2 aliphatic rings. The summed E-state index contributed by atoms with van der Waals surface area (Å²) in [5.41, 5.74) is 0. The normalized spacial score (nSPS) is 19.2. The molecule has 1 aliphatic carbocycles. The maximum absolute atomic E-state index is 12.2. The Hall–Kier alpha value is -1.52. The Morgan fingerprint density at radius 2 is 2.12 bits per heavy atom. The van der Waals surface area contributed by atoms with Gasteiger partial charge in [0.25, 0.3) is 0 Å². The van der Waals surface area contributed by atoms with E-state index in [1.165, 1.54) is 0 Å². The number of hydrogen-bond donors (Lipinski definition) is 1. The van der Waals surface area contributed by atoms with Crippen LogP contribution in [0.25, 0.3) is 0 Å². The molecular weight excluding hydrogens is 220 g/mol. The maximum Gasteiger partial charge on any atom is 0.320 e. The highest BCUT2D eigenvalue weighted by molar-refractivity contribution is 5.76. The van der Waals surface area contributed by atoms with Gasteiger partial charge in [-0.2, -0.15) is 0 Å². The second-order valence-electron chi connectivity index (χ2n) is 4.56. The van der Waals surface area contributed by atoms with Crippen molar-refractivity contribution in [1.29, 1.82) is 0 Å². The molecule has 5 heteroatoms. The predicted molar refractivity (Wildman–Crippen MR) is 62.7 cm³/mol. The van der Waals surface area contributed by atoms with Gasteiger partial charge in [-0.3, -0.25) is 4.79 Å². The lowest BCUT2D eigenvalue weighted by atomic mass is 10.2. The fraction of sp³-hybridized carbons (Fsp3) is 0.667. The largest absolute Gasteiger partial charge is 0.481 e. The quantitative estimate of drug-likeness (QED) is 0.751. The molecule has 0 aromatic rings. The Morgan fingerprint density at radius 3 is 2.65 bits per heavy atom. The van der Waals surface area contributed by atoms with Crippen LogP contribution in [0, 0.1) is 0 Å². The summed E-state index contributed by atoms with van der Waals surface area (Å²) in [4.78, 5) is 26.3. The van der Waals surface area contributed by atoms with Gasteiger partial charge < -0.3 is 14.9 Å². The molecule has 2 rings (SSSR count). The topological polar surface area (TPSA) is 60.9 Å². The second kappa shape index (κ2) is 5.21. The summed E-state index contributed by atoms with van der Waals surface area (Å²) in [5.74, 6) is -0.845. The summed E-state index contributed by atoms with van der Waals surface area (Å²) in [7, 11) is 0. The minimum absolute atomic E-state index is 0.00176.